The second-order valence-electron chi connectivity index (χ2n) is 6.06. The topological polar surface area (TPSA) is 122 Å². The number of nitrogens with two attached hydrogens (primary N) is 1. The average Bonchev–Trinajstić information content (AvgIpc) is 2.67. The number of rotatable bonds is 9. The van der Waals surface area contributed by atoms with Crippen LogP contribution in [0.25, 0.3) is 0 Å². The molecule has 2 rings (SSSR count). The van der Waals surface area contributed by atoms with Crippen LogP contribution < -0.4 is 15.8 Å². The number of hydrogen-bond donors (Lipinski definition) is 4. The number of sulfonamides is 1. The largest absolute Gasteiger partial charge is 0.382 e. The van der Waals surface area contributed by atoms with Crippen LogP contribution in [0.2, 0.25) is 10.0 Å². The lowest BCUT2D eigenvalue weighted by atomic mass is 10.0. The van der Waals surface area contributed by atoms with Crippen molar-refractivity contribution in [1.82, 2.24) is 10.0 Å². The van der Waals surface area contributed by atoms with Gasteiger partial charge in [0.25, 0.3) is 5.91 Å². The maximum absolute atomic E-state index is 12.2. The van der Waals surface area contributed by atoms with Crippen LogP contribution in [0.1, 0.15) is 5.56 Å². The monoisotopic (exact) mass is 445 g/mol. The third-order valence-corrected chi connectivity index (χ3v) is 6.10. The summed E-state index contributed by atoms with van der Waals surface area (Å²) < 4.78 is 26.7. The first kappa shape index (κ1) is 22.6. The van der Waals surface area contributed by atoms with Gasteiger partial charge in [-0.15, -0.1) is 0 Å². The summed E-state index contributed by atoms with van der Waals surface area (Å²) in [6.07, 6.45) is -1.08. The van der Waals surface area contributed by atoms with Crippen molar-refractivity contribution >= 4 is 39.1 Å². The molecular weight excluding hydrogens is 425 g/mol. The maximum Gasteiger partial charge on any atom is 0.250 e. The molecule has 7 nitrogen and oxygen atoms in total. The molecule has 2 aromatic rings. The number of halogens is 2. The van der Waals surface area contributed by atoms with Crippen LogP contribution in [0.5, 0.6) is 0 Å². The molecule has 0 aromatic heterocycles. The van der Waals surface area contributed by atoms with E-state index in [-0.39, 0.29) is 28.0 Å². The van der Waals surface area contributed by atoms with Gasteiger partial charge in [-0.25, -0.2) is 13.1 Å². The Hall–Kier alpha value is -1.68. The second kappa shape index (κ2) is 10.2. The van der Waals surface area contributed by atoms with Gasteiger partial charge in [0.2, 0.25) is 10.0 Å². The quantitative estimate of drug-likeness (QED) is 0.433. The van der Waals surface area contributed by atoms with Gasteiger partial charge in [0, 0.05) is 19.1 Å². The van der Waals surface area contributed by atoms with Crippen molar-refractivity contribution < 1.29 is 18.3 Å². The molecule has 152 valence electrons. The molecule has 1 amide bonds. The van der Waals surface area contributed by atoms with Crippen LogP contribution in [-0.2, 0) is 21.2 Å². The number of carbonyl (C=O) groups excluding carboxylic acids is 1. The third-order valence-electron chi connectivity index (χ3n) is 3.91. The summed E-state index contributed by atoms with van der Waals surface area (Å²) in [7, 11) is -3.81. The maximum atomic E-state index is 12.2. The van der Waals surface area contributed by atoms with Crippen LogP contribution in [0.4, 0.5) is 0 Å². The van der Waals surface area contributed by atoms with Gasteiger partial charge in [0.15, 0.2) is 0 Å². The van der Waals surface area contributed by atoms with Crippen LogP contribution in [0, 0.1) is 0 Å². The Morgan fingerprint density at radius 3 is 2.39 bits per heavy atom. The average molecular weight is 446 g/mol. The first-order chi connectivity index (χ1) is 13.2. The summed E-state index contributed by atoms with van der Waals surface area (Å²) in [4.78, 5) is 12.0. The Labute approximate surface area is 173 Å². The van der Waals surface area contributed by atoms with Gasteiger partial charge in [-0.05, 0) is 30.2 Å². The number of hydrogen-bond acceptors (Lipinski definition) is 5. The highest BCUT2D eigenvalue weighted by molar-refractivity contribution is 7.89. The number of aliphatic hydroxyl groups is 1. The zero-order valence-electron chi connectivity index (χ0n) is 14.8. The van der Waals surface area contributed by atoms with E-state index >= 15 is 0 Å². The Morgan fingerprint density at radius 1 is 1.07 bits per heavy atom. The van der Waals surface area contributed by atoms with E-state index in [4.69, 9.17) is 28.9 Å². The van der Waals surface area contributed by atoms with E-state index in [1.165, 1.54) is 18.2 Å². The Balaban J connectivity index is 1.80. The zero-order valence-corrected chi connectivity index (χ0v) is 17.1. The van der Waals surface area contributed by atoms with Crippen molar-refractivity contribution in [3.8, 4) is 0 Å². The van der Waals surface area contributed by atoms with E-state index in [9.17, 15) is 18.3 Å². The van der Waals surface area contributed by atoms with Crippen molar-refractivity contribution in [3.05, 3.63) is 64.1 Å². The Kier molecular flexibility index (Phi) is 8.23. The molecule has 0 aliphatic heterocycles. The van der Waals surface area contributed by atoms with E-state index < -0.39 is 28.1 Å². The van der Waals surface area contributed by atoms with E-state index in [1.54, 1.807) is 0 Å². The van der Waals surface area contributed by atoms with E-state index in [0.29, 0.717) is 6.42 Å². The molecule has 0 radical (unpaired) electrons. The summed E-state index contributed by atoms with van der Waals surface area (Å²) in [5.41, 5.74) is 6.78. The molecule has 0 aliphatic rings. The van der Waals surface area contributed by atoms with Gasteiger partial charge >= 0.3 is 0 Å². The van der Waals surface area contributed by atoms with Gasteiger partial charge in [-0.2, -0.15) is 0 Å². The minimum absolute atomic E-state index is 0.0193. The highest BCUT2D eigenvalue weighted by Gasteiger charge is 2.23. The highest BCUT2D eigenvalue weighted by atomic mass is 35.5. The number of aliphatic hydroxyl groups excluding tert-OH is 1. The molecule has 2 atom stereocenters. The van der Waals surface area contributed by atoms with Crippen molar-refractivity contribution in [2.75, 3.05) is 13.1 Å². The zero-order chi connectivity index (χ0) is 20.7. The fraction of sp³-hybridized carbons (Fsp3) is 0.278. The molecular formula is C18H21Cl2N3O4S. The number of carbonyl (C=O) groups is 1. The molecule has 0 aliphatic carbocycles. The summed E-state index contributed by atoms with van der Waals surface area (Å²) >= 11 is 11.6. The van der Waals surface area contributed by atoms with Crippen molar-refractivity contribution in [3.63, 3.8) is 0 Å². The standard InChI is InChI=1S/C18H21Cl2N3O4S/c19-14-7-6-13(11-15(14)20)28(26,27)23-9-8-22-18(25)17(24)16(21)10-12-4-2-1-3-5-12/h1-7,11,16-17,23-24H,8-10,21H2,(H,22,25)/t16-,17+/m0/s1. The predicted octanol–water partition coefficient (Wildman–Crippen LogP) is 1.32. The lowest BCUT2D eigenvalue weighted by Gasteiger charge is -2.18. The lowest BCUT2D eigenvalue weighted by molar-refractivity contribution is -0.130. The fourth-order valence-electron chi connectivity index (χ4n) is 2.40. The smallest absolute Gasteiger partial charge is 0.250 e. The minimum atomic E-state index is -3.81. The normalized spacial score (nSPS) is 13.7. The fourth-order valence-corrected chi connectivity index (χ4v) is 3.82. The SMILES string of the molecule is N[C@@H](Cc1ccccc1)[C@@H](O)C(=O)NCCNS(=O)(=O)c1ccc(Cl)c(Cl)c1. The lowest BCUT2D eigenvalue weighted by Crippen LogP contribution is -2.48. The summed E-state index contributed by atoms with van der Waals surface area (Å²) in [5.74, 6) is -0.669. The Morgan fingerprint density at radius 2 is 1.75 bits per heavy atom. The van der Waals surface area contributed by atoms with Gasteiger partial charge < -0.3 is 16.2 Å². The summed E-state index contributed by atoms with van der Waals surface area (Å²) in [5, 5.41) is 12.9. The Bertz CT molecular complexity index is 910. The summed E-state index contributed by atoms with van der Waals surface area (Å²) in [6, 6.07) is 12.4. The molecule has 0 saturated carbocycles. The van der Waals surface area contributed by atoms with Gasteiger partial charge in [-0.3, -0.25) is 4.79 Å². The first-order valence-corrected chi connectivity index (χ1v) is 10.6. The number of benzene rings is 2. The predicted molar refractivity (Wildman–Crippen MR) is 109 cm³/mol. The summed E-state index contributed by atoms with van der Waals surface area (Å²) in [6.45, 7) is -0.0938. The van der Waals surface area contributed by atoms with Crippen LogP contribution >= 0.6 is 23.2 Å². The van der Waals surface area contributed by atoms with Crippen LogP contribution in [0.15, 0.2) is 53.4 Å². The van der Waals surface area contributed by atoms with E-state index in [2.05, 4.69) is 10.0 Å². The molecule has 0 spiro atoms. The highest BCUT2D eigenvalue weighted by Crippen LogP contribution is 2.24. The molecule has 0 saturated heterocycles. The molecule has 5 N–H and O–H groups in total. The van der Waals surface area contributed by atoms with Crippen LogP contribution in [-0.4, -0.2) is 44.7 Å². The van der Waals surface area contributed by atoms with Gasteiger partial charge in [-0.1, -0.05) is 53.5 Å². The third kappa shape index (κ3) is 6.44. The van der Waals surface area contributed by atoms with E-state index in [0.717, 1.165) is 5.56 Å². The molecule has 0 fully saturated rings. The molecule has 0 unspecified atom stereocenters. The molecule has 2 aromatic carbocycles. The first-order valence-electron chi connectivity index (χ1n) is 8.40. The molecule has 0 bridgehead atoms. The molecule has 28 heavy (non-hydrogen) atoms. The number of nitrogens with one attached hydrogen (secondary N) is 2. The van der Waals surface area contributed by atoms with Crippen molar-refractivity contribution in [2.24, 2.45) is 5.73 Å². The van der Waals surface area contributed by atoms with E-state index in [1.807, 2.05) is 30.3 Å². The molecule has 0 heterocycles. The van der Waals surface area contributed by atoms with Crippen LogP contribution in [0.3, 0.4) is 0 Å². The van der Waals surface area contributed by atoms with Crippen molar-refractivity contribution in [1.29, 1.82) is 0 Å². The number of amides is 1. The molecule has 10 heteroatoms. The van der Waals surface area contributed by atoms with Gasteiger partial charge in [0.1, 0.15) is 6.10 Å². The second-order valence-corrected chi connectivity index (χ2v) is 8.64. The van der Waals surface area contributed by atoms with Gasteiger partial charge in [0.05, 0.1) is 14.9 Å². The minimum Gasteiger partial charge on any atom is -0.382 e. The van der Waals surface area contributed by atoms with Crippen molar-refractivity contribution in [2.45, 2.75) is 23.5 Å².